The van der Waals surface area contributed by atoms with Gasteiger partial charge in [0.2, 0.25) is 5.91 Å². The maximum absolute atomic E-state index is 12.1. The van der Waals surface area contributed by atoms with E-state index in [1.54, 1.807) is 0 Å². The maximum Gasteiger partial charge on any atom is 0.220 e. The Morgan fingerprint density at radius 3 is 1.66 bits per heavy atom. The van der Waals surface area contributed by atoms with Crippen LogP contribution in [0.3, 0.4) is 0 Å². The Hall–Kier alpha value is -2.17. The summed E-state index contributed by atoms with van der Waals surface area (Å²) < 4.78 is 0. The predicted molar refractivity (Wildman–Crippen MR) is 151 cm³/mol. The van der Waals surface area contributed by atoms with Crippen molar-refractivity contribution in [1.82, 2.24) is 5.32 Å². The molecular formula is C31H51NO3. The molecule has 0 rings (SSSR count). The number of hydrogen-bond acceptors (Lipinski definition) is 3. The first-order valence-corrected chi connectivity index (χ1v) is 13.6. The van der Waals surface area contributed by atoms with Crippen molar-refractivity contribution in [2.45, 2.75) is 109 Å². The highest BCUT2D eigenvalue weighted by Crippen LogP contribution is 2.09. The van der Waals surface area contributed by atoms with Crippen molar-refractivity contribution in [3.63, 3.8) is 0 Å². The second-order valence-corrected chi connectivity index (χ2v) is 8.73. The van der Waals surface area contributed by atoms with E-state index in [0.29, 0.717) is 19.3 Å². The summed E-state index contributed by atoms with van der Waals surface area (Å²) in [5, 5.41) is 22.4. The molecule has 0 aromatic heterocycles. The van der Waals surface area contributed by atoms with Crippen LogP contribution in [0.25, 0.3) is 0 Å². The van der Waals surface area contributed by atoms with Crippen LogP contribution in [0.15, 0.2) is 72.9 Å². The SMILES string of the molecule is CC/C=C\C/C=C\C/C=C\C/C=C\C/C=C\C/C=C\CCC(=O)NC(CO)C(O)CCCCCC. The van der Waals surface area contributed by atoms with E-state index in [1.807, 2.05) is 6.08 Å². The Morgan fingerprint density at radius 1 is 0.714 bits per heavy atom. The number of aliphatic hydroxyl groups excluding tert-OH is 2. The van der Waals surface area contributed by atoms with Crippen LogP contribution in [-0.4, -0.2) is 34.9 Å². The summed E-state index contributed by atoms with van der Waals surface area (Å²) in [7, 11) is 0. The van der Waals surface area contributed by atoms with Gasteiger partial charge in [-0.1, -0.05) is 112 Å². The predicted octanol–water partition coefficient (Wildman–Crippen LogP) is 7.27. The highest BCUT2D eigenvalue weighted by Gasteiger charge is 2.19. The Morgan fingerprint density at radius 2 is 1.20 bits per heavy atom. The van der Waals surface area contributed by atoms with Crippen molar-refractivity contribution < 1.29 is 15.0 Å². The molecule has 0 aromatic carbocycles. The molecule has 0 aliphatic carbocycles. The number of allylic oxidation sites excluding steroid dienone is 12. The van der Waals surface area contributed by atoms with Crippen molar-refractivity contribution in [3.8, 4) is 0 Å². The first-order chi connectivity index (χ1) is 17.2. The van der Waals surface area contributed by atoms with Crippen molar-refractivity contribution in [2.75, 3.05) is 6.61 Å². The maximum atomic E-state index is 12.1. The molecule has 0 saturated heterocycles. The number of hydrogen-bond donors (Lipinski definition) is 3. The summed E-state index contributed by atoms with van der Waals surface area (Å²) in [4.78, 5) is 12.1. The largest absolute Gasteiger partial charge is 0.394 e. The molecule has 2 unspecified atom stereocenters. The molecule has 0 fully saturated rings. The second-order valence-electron chi connectivity index (χ2n) is 8.73. The monoisotopic (exact) mass is 485 g/mol. The Kier molecular flexibility index (Phi) is 24.8. The third kappa shape index (κ3) is 23.3. The van der Waals surface area contributed by atoms with Gasteiger partial charge in [-0.25, -0.2) is 0 Å². The number of amides is 1. The normalized spacial score (nSPS) is 14.5. The molecule has 0 aliphatic heterocycles. The first kappa shape index (κ1) is 32.8. The number of carbonyl (C=O) groups excluding carboxylic acids is 1. The van der Waals surface area contributed by atoms with Crippen molar-refractivity contribution >= 4 is 5.91 Å². The van der Waals surface area contributed by atoms with Crippen molar-refractivity contribution in [2.24, 2.45) is 0 Å². The van der Waals surface area contributed by atoms with Gasteiger partial charge in [0, 0.05) is 6.42 Å². The fourth-order valence-electron chi connectivity index (χ4n) is 3.38. The van der Waals surface area contributed by atoms with Crippen LogP contribution >= 0.6 is 0 Å². The number of rotatable bonds is 22. The molecule has 3 N–H and O–H groups in total. The van der Waals surface area contributed by atoms with Gasteiger partial charge in [0.25, 0.3) is 0 Å². The molecular weight excluding hydrogens is 434 g/mol. The zero-order valence-electron chi connectivity index (χ0n) is 22.3. The van der Waals surface area contributed by atoms with Gasteiger partial charge in [-0.15, -0.1) is 0 Å². The van der Waals surface area contributed by atoms with E-state index >= 15 is 0 Å². The fraction of sp³-hybridized carbons (Fsp3) is 0.581. The zero-order chi connectivity index (χ0) is 25.8. The minimum atomic E-state index is -0.688. The first-order valence-electron chi connectivity index (χ1n) is 13.6. The smallest absolute Gasteiger partial charge is 0.220 e. The fourth-order valence-corrected chi connectivity index (χ4v) is 3.38. The topological polar surface area (TPSA) is 69.6 Å². The lowest BCUT2D eigenvalue weighted by molar-refractivity contribution is -0.123. The minimum Gasteiger partial charge on any atom is -0.394 e. The molecule has 198 valence electrons. The van der Waals surface area contributed by atoms with Crippen LogP contribution in [0.4, 0.5) is 0 Å². The second kappa shape index (κ2) is 26.4. The summed E-state index contributed by atoms with van der Waals surface area (Å²) in [5.74, 6) is -0.129. The Balaban J connectivity index is 3.82. The van der Waals surface area contributed by atoms with Crippen molar-refractivity contribution in [1.29, 1.82) is 0 Å². The molecule has 0 radical (unpaired) electrons. The molecule has 0 aliphatic rings. The van der Waals surface area contributed by atoms with Gasteiger partial charge < -0.3 is 15.5 Å². The molecule has 0 saturated carbocycles. The molecule has 4 nitrogen and oxygen atoms in total. The van der Waals surface area contributed by atoms with E-state index in [2.05, 4.69) is 86.0 Å². The van der Waals surface area contributed by atoms with Gasteiger partial charge in [0.15, 0.2) is 0 Å². The van der Waals surface area contributed by atoms with E-state index in [0.717, 1.165) is 64.2 Å². The molecule has 0 spiro atoms. The van der Waals surface area contributed by atoms with Gasteiger partial charge >= 0.3 is 0 Å². The molecule has 35 heavy (non-hydrogen) atoms. The molecule has 0 aromatic rings. The molecule has 2 atom stereocenters. The highest BCUT2D eigenvalue weighted by atomic mass is 16.3. The van der Waals surface area contributed by atoms with Crippen LogP contribution in [0.1, 0.15) is 97.3 Å². The van der Waals surface area contributed by atoms with Gasteiger partial charge in [-0.2, -0.15) is 0 Å². The van der Waals surface area contributed by atoms with E-state index < -0.39 is 12.1 Å². The molecule has 4 heteroatoms. The lowest BCUT2D eigenvalue weighted by atomic mass is 10.0. The average Bonchev–Trinajstić information content (AvgIpc) is 2.86. The Bertz CT molecular complexity index is 658. The van der Waals surface area contributed by atoms with Crippen LogP contribution < -0.4 is 5.32 Å². The van der Waals surface area contributed by atoms with Crippen LogP contribution in [0.5, 0.6) is 0 Å². The molecule has 0 bridgehead atoms. The van der Waals surface area contributed by atoms with Crippen LogP contribution in [-0.2, 0) is 4.79 Å². The van der Waals surface area contributed by atoms with Gasteiger partial charge in [-0.05, 0) is 51.4 Å². The highest BCUT2D eigenvalue weighted by molar-refractivity contribution is 5.76. The zero-order valence-corrected chi connectivity index (χ0v) is 22.3. The lowest BCUT2D eigenvalue weighted by Crippen LogP contribution is -2.45. The lowest BCUT2D eigenvalue weighted by Gasteiger charge is -2.22. The number of aliphatic hydroxyl groups is 2. The summed E-state index contributed by atoms with van der Waals surface area (Å²) in [6, 6.07) is -0.575. The van der Waals surface area contributed by atoms with Gasteiger partial charge in [0.1, 0.15) is 0 Å². The molecule has 0 heterocycles. The number of unbranched alkanes of at least 4 members (excludes halogenated alkanes) is 3. The minimum absolute atomic E-state index is 0.129. The summed E-state index contributed by atoms with van der Waals surface area (Å²) in [6.07, 6.45) is 37.0. The Labute approximate surface area is 215 Å². The van der Waals surface area contributed by atoms with Gasteiger partial charge in [0.05, 0.1) is 18.8 Å². The van der Waals surface area contributed by atoms with E-state index in [1.165, 1.54) is 0 Å². The quantitative estimate of drug-likeness (QED) is 0.111. The van der Waals surface area contributed by atoms with E-state index in [4.69, 9.17) is 0 Å². The third-order valence-corrected chi connectivity index (χ3v) is 5.50. The summed E-state index contributed by atoms with van der Waals surface area (Å²) in [6.45, 7) is 4.06. The third-order valence-electron chi connectivity index (χ3n) is 5.50. The molecule has 1 amide bonds. The summed E-state index contributed by atoms with van der Waals surface area (Å²) >= 11 is 0. The average molecular weight is 486 g/mol. The number of carbonyl (C=O) groups is 1. The summed E-state index contributed by atoms with van der Waals surface area (Å²) in [5.41, 5.74) is 0. The van der Waals surface area contributed by atoms with Crippen LogP contribution in [0, 0.1) is 0 Å². The van der Waals surface area contributed by atoms with E-state index in [9.17, 15) is 15.0 Å². The van der Waals surface area contributed by atoms with Gasteiger partial charge in [-0.3, -0.25) is 4.79 Å². The van der Waals surface area contributed by atoms with Crippen molar-refractivity contribution in [3.05, 3.63) is 72.9 Å². The van der Waals surface area contributed by atoms with Crippen LogP contribution in [0.2, 0.25) is 0 Å². The number of nitrogens with one attached hydrogen (secondary N) is 1. The standard InChI is InChI=1S/C31H51NO3/c1-3-5-7-9-10-11-12-13-14-15-16-17-18-19-20-21-22-23-25-27-31(35)32-29(28-33)30(34)26-24-8-6-4-2/h5,7,10-11,13-14,16-17,19-20,22-23,29-30,33-34H,3-4,6,8-9,12,15,18,21,24-28H2,1-2H3,(H,32,35)/b7-5-,11-10-,14-13-,17-16-,20-19-,23-22-. The van der Waals surface area contributed by atoms with E-state index in [-0.39, 0.29) is 12.5 Å².